The van der Waals surface area contributed by atoms with Gasteiger partial charge in [-0.1, -0.05) is 24.3 Å². The van der Waals surface area contributed by atoms with Crippen LogP contribution in [0.4, 0.5) is 4.79 Å². The molecule has 32 heavy (non-hydrogen) atoms. The zero-order valence-electron chi connectivity index (χ0n) is 18.1. The monoisotopic (exact) mass is 437 g/mol. The van der Waals surface area contributed by atoms with Crippen LogP contribution in [0, 0.1) is 0 Å². The van der Waals surface area contributed by atoms with Gasteiger partial charge in [0.2, 0.25) is 5.91 Å². The molecule has 8 heteroatoms. The lowest BCUT2D eigenvalue weighted by atomic mass is 9.78. The fourth-order valence-electron chi connectivity index (χ4n) is 4.20. The topological polar surface area (TPSA) is 97.0 Å². The van der Waals surface area contributed by atoms with E-state index in [4.69, 9.17) is 9.47 Å². The molecule has 2 N–H and O–H groups in total. The van der Waals surface area contributed by atoms with E-state index in [1.165, 1.54) is 5.56 Å². The predicted octanol–water partition coefficient (Wildman–Crippen LogP) is 2.06. The third-order valence-electron chi connectivity index (χ3n) is 5.81. The SMILES string of the molecule is CCOc1ccc(OCCNC(=O)CN2C(=O)NC3(CCc4ccccc4C3)C2=O)cc1. The Hall–Kier alpha value is -3.55. The summed E-state index contributed by atoms with van der Waals surface area (Å²) in [6.45, 7) is 2.73. The van der Waals surface area contributed by atoms with Crippen molar-refractivity contribution in [3.63, 3.8) is 0 Å². The summed E-state index contributed by atoms with van der Waals surface area (Å²) in [6.07, 6.45) is 1.69. The predicted molar refractivity (Wildman–Crippen MR) is 118 cm³/mol. The smallest absolute Gasteiger partial charge is 0.325 e. The average molecular weight is 437 g/mol. The minimum Gasteiger partial charge on any atom is -0.494 e. The van der Waals surface area contributed by atoms with Gasteiger partial charge in [-0.2, -0.15) is 0 Å². The van der Waals surface area contributed by atoms with Crippen LogP contribution in [0.25, 0.3) is 0 Å². The Kier molecular flexibility index (Phi) is 6.30. The molecule has 168 valence electrons. The van der Waals surface area contributed by atoms with Crippen LogP contribution in [0.5, 0.6) is 11.5 Å². The van der Waals surface area contributed by atoms with Gasteiger partial charge in [-0.3, -0.25) is 14.5 Å². The highest BCUT2D eigenvalue weighted by molar-refractivity contribution is 6.09. The summed E-state index contributed by atoms with van der Waals surface area (Å²) in [5.74, 6) is 0.687. The van der Waals surface area contributed by atoms with Crippen LogP contribution in [0.15, 0.2) is 48.5 Å². The van der Waals surface area contributed by atoms with Gasteiger partial charge in [-0.25, -0.2) is 4.79 Å². The molecule has 1 saturated heterocycles. The third-order valence-corrected chi connectivity index (χ3v) is 5.81. The Morgan fingerprint density at radius 1 is 1.06 bits per heavy atom. The third kappa shape index (κ3) is 4.54. The first kappa shape index (κ1) is 21.7. The number of carbonyl (C=O) groups excluding carboxylic acids is 3. The number of carbonyl (C=O) groups is 3. The van der Waals surface area contributed by atoms with Crippen molar-refractivity contribution in [2.45, 2.75) is 31.7 Å². The second kappa shape index (κ2) is 9.30. The van der Waals surface area contributed by atoms with Crippen LogP contribution in [0.3, 0.4) is 0 Å². The maximum absolute atomic E-state index is 13.1. The van der Waals surface area contributed by atoms with E-state index in [2.05, 4.69) is 10.6 Å². The number of urea groups is 1. The Morgan fingerprint density at radius 2 is 1.75 bits per heavy atom. The molecule has 1 atom stereocenters. The molecule has 0 saturated carbocycles. The summed E-state index contributed by atoms with van der Waals surface area (Å²) in [7, 11) is 0. The highest BCUT2D eigenvalue weighted by atomic mass is 16.5. The summed E-state index contributed by atoms with van der Waals surface area (Å²) in [4.78, 5) is 38.9. The lowest BCUT2D eigenvalue weighted by Crippen LogP contribution is -2.51. The molecule has 0 aromatic heterocycles. The van der Waals surface area contributed by atoms with Gasteiger partial charge in [-0.05, 0) is 55.2 Å². The lowest BCUT2D eigenvalue weighted by molar-refractivity contribution is -0.135. The van der Waals surface area contributed by atoms with Crippen LogP contribution in [-0.4, -0.2) is 54.6 Å². The number of fused-ring (bicyclic) bond motifs is 1. The van der Waals surface area contributed by atoms with Crippen molar-refractivity contribution < 1.29 is 23.9 Å². The van der Waals surface area contributed by atoms with Crippen molar-refractivity contribution in [3.8, 4) is 11.5 Å². The number of aryl methyl sites for hydroxylation is 1. The summed E-state index contributed by atoms with van der Waals surface area (Å²) in [5, 5.41) is 5.54. The van der Waals surface area contributed by atoms with Crippen LogP contribution in [0.1, 0.15) is 24.5 Å². The van der Waals surface area contributed by atoms with Crippen LogP contribution < -0.4 is 20.1 Å². The van der Waals surface area contributed by atoms with Crippen molar-refractivity contribution in [1.82, 2.24) is 15.5 Å². The maximum atomic E-state index is 13.1. The molecule has 1 unspecified atom stereocenters. The normalized spacial score (nSPS) is 19.5. The minimum absolute atomic E-state index is 0.258. The van der Waals surface area contributed by atoms with E-state index >= 15 is 0 Å². The van der Waals surface area contributed by atoms with Gasteiger partial charge < -0.3 is 20.1 Å². The molecule has 4 rings (SSSR count). The first-order chi connectivity index (χ1) is 15.5. The molecule has 1 fully saturated rings. The highest BCUT2D eigenvalue weighted by Crippen LogP contribution is 2.33. The summed E-state index contributed by atoms with van der Waals surface area (Å²) >= 11 is 0. The first-order valence-corrected chi connectivity index (χ1v) is 10.8. The molecule has 8 nitrogen and oxygen atoms in total. The van der Waals surface area contributed by atoms with Gasteiger partial charge in [-0.15, -0.1) is 0 Å². The molecule has 1 aliphatic carbocycles. The number of imide groups is 1. The van der Waals surface area contributed by atoms with Gasteiger partial charge in [0.25, 0.3) is 5.91 Å². The molecule has 4 amide bonds. The van der Waals surface area contributed by atoms with Crippen molar-refractivity contribution in [3.05, 3.63) is 59.7 Å². The van der Waals surface area contributed by atoms with E-state index in [1.807, 2.05) is 43.3 Å². The molecule has 1 spiro atoms. The van der Waals surface area contributed by atoms with Crippen LogP contribution in [0.2, 0.25) is 0 Å². The Bertz CT molecular complexity index is 1010. The summed E-state index contributed by atoms with van der Waals surface area (Å²) < 4.78 is 11.0. The number of rotatable bonds is 8. The lowest BCUT2D eigenvalue weighted by Gasteiger charge is -2.32. The van der Waals surface area contributed by atoms with Crippen molar-refractivity contribution in [2.75, 3.05) is 26.3 Å². The second-order valence-corrected chi connectivity index (χ2v) is 7.95. The minimum atomic E-state index is -0.956. The van der Waals surface area contributed by atoms with E-state index in [9.17, 15) is 14.4 Å². The fourth-order valence-corrected chi connectivity index (χ4v) is 4.20. The molecule has 2 aromatic carbocycles. The number of hydrogen-bond acceptors (Lipinski definition) is 5. The molecule has 1 heterocycles. The zero-order chi connectivity index (χ0) is 22.6. The zero-order valence-corrected chi connectivity index (χ0v) is 18.1. The molecular formula is C24H27N3O5. The van der Waals surface area contributed by atoms with Crippen molar-refractivity contribution in [1.29, 1.82) is 0 Å². The number of ether oxygens (including phenoxy) is 2. The van der Waals surface area contributed by atoms with E-state index < -0.39 is 17.5 Å². The van der Waals surface area contributed by atoms with E-state index in [0.717, 1.165) is 16.2 Å². The average Bonchev–Trinajstić information content (AvgIpc) is 3.01. The van der Waals surface area contributed by atoms with Gasteiger partial charge in [0.05, 0.1) is 13.2 Å². The van der Waals surface area contributed by atoms with Crippen molar-refractivity contribution in [2.24, 2.45) is 0 Å². The van der Waals surface area contributed by atoms with Crippen LogP contribution in [-0.2, 0) is 22.4 Å². The molecule has 0 radical (unpaired) electrons. The molecule has 2 aromatic rings. The molecular weight excluding hydrogens is 410 g/mol. The number of nitrogens with zero attached hydrogens (tertiary/aromatic N) is 1. The number of nitrogens with one attached hydrogen (secondary N) is 2. The molecule has 1 aliphatic heterocycles. The highest BCUT2D eigenvalue weighted by Gasteiger charge is 2.52. The van der Waals surface area contributed by atoms with E-state index in [1.54, 1.807) is 12.1 Å². The Balaban J connectivity index is 1.25. The molecule has 0 bridgehead atoms. The first-order valence-electron chi connectivity index (χ1n) is 10.8. The Morgan fingerprint density at radius 3 is 2.47 bits per heavy atom. The fraction of sp³-hybridized carbons (Fsp3) is 0.375. The van der Waals surface area contributed by atoms with Gasteiger partial charge in [0.1, 0.15) is 30.2 Å². The van der Waals surface area contributed by atoms with Crippen molar-refractivity contribution >= 4 is 17.8 Å². The number of hydrogen-bond donors (Lipinski definition) is 2. The summed E-state index contributed by atoms with van der Waals surface area (Å²) in [5.41, 5.74) is 1.30. The van der Waals surface area contributed by atoms with Gasteiger partial charge in [0.15, 0.2) is 0 Å². The van der Waals surface area contributed by atoms with Gasteiger partial charge >= 0.3 is 6.03 Å². The van der Waals surface area contributed by atoms with Gasteiger partial charge in [0, 0.05) is 6.42 Å². The summed E-state index contributed by atoms with van der Waals surface area (Å²) in [6, 6.07) is 14.6. The van der Waals surface area contributed by atoms with E-state index in [0.29, 0.717) is 31.6 Å². The quantitative estimate of drug-likeness (QED) is 0.487. The molecule has 2 aliphatic rings. The standard InChI is InChI=1S/C24H27N3O5/c1-2-31-19-7-9-20(10-8-19)32-14-13-25-21(28)16-27-22(29)24(26-23(27)30)12-11-17-5-3-4-6-18(17)15-24/h3-10H,2,11-16H2,1H3,(H,25,28)(H,26,30). The number of amides is 4. The maximum Gasteiger partial charge on any atom is 0.325 e. The van der Waals surface area contributed by atoms with Crippen LogP contribution >= 0.6 is 0 Å². The largest absolute Gasteiger partial charge is 0.494 e. The Labute approximate surface area is 186 Å². The number of benzene rings is 2. The second-order valence-electron chi connectivity index (χ2n) is 7.95. The van der Waals surface area contributed by atoms with E-state index in [-0.39, 0.29) is 25.6 Å².